The molecule has 1 aromatic heterocycles. The highest BCUT2D eigenvalue weighted by molar-refractivity contribution is 6.33. The average molecular weight is 238 g/mol. The van der Waals surface area contributed by atoms with Crippen LogP contribution in [0.2, 0.25) is 5.02 Å². The van der Waals surface area contributed by atoms with Crippen LogP contribution in [0, 0.1) is 11.8 Å². The van der Waals surface area contributed by atoms with E-state index in [2.05, 4.69) is 10.3 Å². The number of rotatable bonds is 4. The van der Waals surface area contributed by atoms with E-state index in [1.807, 2.05) is 0 Å². The van der Waals surface area contributed by atoms with Crippen LogP contribution in [0.5, 0.6) is 0 Å². The summed E-state index contributed by atoms with van der Waals surface area (Å²) in [4.78, 5) is 4.28. The largest absolute Gasteiger partial charge is 0.395 e. The smallest absolute Gasteiger partial charge is 0.150 e. The van der Waals surface area contributed by atoms with Gasteiger partial charge in [0.05, 0.1) is 10.7 Å². The highest BCUT2D eigenvalue weighted by Gasteiger charge is 2.41. The maximum Gasteiger partial charge on any atom is 0.150 e. The second kappa shape index (κ2) is 3.81. The number of nitrogens with two attached hydrogens (primary N) is 1. The Balaban J connectivity index is 1.78. The minimum absolute atomic E-state index is 0.563. The Morgan fingerprint density at radius 2 is 1.94 bits per heavy atom. The molecule has 0 atom stereocenters. The molecule has 1 heterocycles. The fourth-order valence-electron chi connectivity index (χ4n) is 2.25. The molecule has 2 fully saturated rings. The van der Waals surface area contributed by atoms with Gasteiger partial charge in [0.2, 0.25) is 0 Å². The molecule has 0 aliphatic heterocycles. The van der Waals surface area contributed by atoms with E-state index in [4.69, 9.17) is 17.3 Å². The summed E-state index contributed by atoms with van der Waals surface area (Å²) < 4.78 is 0. The zero-order valence-electron chi connectivity index (χ0n) is 9.12. The lowest BCUT2D eigenvalue weighted by Gasteiger charge is -2.19. The van der Waals surface area contributed by atoms with E-state index in [0.717, 1.165) is 17.7 Å². The molecular weight excluding hydrogens is 222 g/mol. The fraction of sp³-hybridized carbons (Fsp3) is 0.583. The Kier molecular flexibility index (Phi) is 2.43. The zero-order valence-corrected chi connectivity index (χ0v) is 9.87. The van der Waals surface area contributed by atoms with Crippen molar-refractivity contribution in [2.45, 2.75) is 31.7 Å². The summed E-state index contributed by atoms with van der Waals surface area (Å²) in [6.45, 7) is 0. The quantitative estimate of drug-likeness (QED) is 0.847. The molecule has 3 rings (SSSR count). The summed E-state index contributed by atoms with van der Waals surface area (Å²) in [5.41, 5.74) is 6.49. The number of pyridine rings is 1. The Labute approximate surface area is 100 Å². The first-order valence-corrected chi connectivity index (χ1v) is 6.30. The van der Waals surface area contributed by atoms with Crippen molar-refractivity contribution in [1.29, 1.82) is 0 Å². The van der Waals surface area contributed by atoms with Gasteiger partial charge in [-0.1, -0.05) is 11.6 Å². The van der Waals surface area contributed by atoms with Gasteiger partial charge in [0.25, 0.3) is 0 Å². The van der Waals surface area contributed by atoms with Gasteiger partial charge in [0.15, 0.2) is 5.82 Å². The summed E-state index contributed by atoms with van der Waals surface area (Å²) in [5.74, 6) is 2.41. The van der Waals surface area contributed by atoms with E-state index in [9.17, 15) is 0 Å². The van der Waals surface area contributed by atoms with Gasteiger partial charge >= 0.3 is 0 Å². The maximum atomic E-state index is 5.98. The topological polar surface area (TPSA) is 50.9 Å². The van der Waals surface area contributed by atoms with Crippen molar-refractivity contribution in [2.75, 3.05) is 11.1 Å². The highest BCUT2D eigenvalue weighted by Crippen LogP contribution is 2.46. The van der Waals surface area contributed by atoms with Crippen molar-refractivity contribution >= 4 is 23.1 Å². The standard InChI is InChI=1S/C12H16ClN3/c13-9-5-6-15-12(10(9)14)16-11(7-1-2-7)8-3-4-8/h5-8,11H,1-4,14H2,(H,15,16). The Bertz CT molecular complexity index is 387. The lowest BCUT2D eigenvalue weighted by atomic mass is 10.1. The van der Waals surface area contributed by atoms with Gasteiger partial charge < -0.3 is 11.1 Å². The van der Waals surface area contributed by atoms with Crippen molar-refractivity contribution in [3.8, 4) is 0 Å². The summed E-state index contributed by atoms with van der Waals surface area (Å²) >= 11 is 5.98. The van der Waals surface area contributed by atoms with Crippen molar-refractivity contribution in [2.24, 2.45) is 11.8 Å². The van der Waals surface area contributed by atoms with Crippen LogP contribution in [-0.4, -0.2) is 11.0 Å². The third kappa shape index (κ3) is 1.96. The van der Waals surface area contributed by atoms with Crippen LogP contribution in [0.1, 0.15) is 25.7 Å². The molecule has 3 nitrogen and oxygen atoms in total. The number of aromatic nitrogens is 1. The van der Waals surface area contributed by atoms with Crippen molar-refractivity contribution in [1.82, 2.24) is 4.98 Å². The molecule has 0 amide bonds. The van der Waals surface area contributed by atoms with Gasteiger partial charge in [-0.2, -0.15) is 0 Å². The molecule has 0 spiro atoms. The maximum absolute atomic E-state index is 5.98. The van der Waals surface area contributed by atoms with Crippen LogP contribution in [-0.2, 0) is 0 Å². The number of nitrogens with zero attached hydrogens (tertiary/aromatic N) is 1. The SMILES string of the molecule is Nc1c(Cl)ccnc1NC(C1CC1)C1CC1. The predicted octanol–water partition coefficient (Wildman–Crippen LogP) is 2.92. The number of hydrogen-bond acceptors (Lipinski definition) is 3. The van der Waals surface area contributed by atoms with Gasteiger partial charge in [0.1, 0.15) is 0 Å². The summed E-state index contributed by atoms with van der Waals surface area (Å²) in [6.07, 6.45) is 7.07. The van der Waals surface area contributed by atoms with Gasteiger partial charge in [-0.3, -0.25) is 0 Å². The lowest BCUT2D eigenvalue weighted by Crippen LogP contribution is -2.25. The number of nitrogens with one attached hydrogen (secondary N) is 1. The Morgan fingerprint density at radius 3 is 2.50 bits per heavy atom. The molecule has 4 heteroatoms. The molecule has 0 saturated heterocycles. The lowest BCUT2D eigenvalue weighted by molar-refractivity contribution is 0.566. The van der Waals surface area contributed by atoms with E-state index < -0.39 is 0 Å². The van der Waals surface area contributed by atoms with Crippen molar-refractivity contribution < 1.29 is 0 Å². The number of hydrogen-bond donors (Lipinski definition) is 2. The molecule has 2 aliphatic rings. The molecule has 0 bridgehead atoms. The number of nitrogen functional groups attached to an aromatic ring is 1. The van der Waals surface area contributed by atoms with Gasteiger partial charge in [-0.15, -0.1) is 0 Å². The van der Waals surface area contributed by atoms with Crippen molar-refractivity contribution in [3.63, 3.8) is 0 Å². The third-order valence-corrected chi connectivity index (χ3v) is 3.83. The molecule has 0 radical (unpaired) electrons. The minimum Gasteiger partial charge on any atom is -0.395 e. The molecule has 3 N–H and O–H groups in total. The van der Waals surface area contributed by atoms with Crippen LogP contribution in [0.3, 0.4) is 0 Å². The Hall–Kier alpha value is -0.960. The molecule has 1 aromatic rings. The van der Waals surface area contributed by atoms with Gasteiger partial charge in [-0.05, 0) is 43.6 Å². The second-order valence-corrected chi connectivity index (χ2v) is 5.31. The zero-order chi connectivity index (χ0) is 11.1. The molecule has 0 aromatic carbocycles. The van der Waals surface area contributed by atoms with E-state index in [1.165, 1.54) is 25.7 Å². The van der Waals surface area contributed by atoms with E-state index in [-0.39, 0.29) is 0 Å². The van der Waals surface area contributed by atoms with E-state index in [1.54, 1.807) is 12.3 Å². The highest BCUT2D eigenvalue weighted by atomic mass is 35.5. The summed E-state index contributed by atoms with van der Waals surface area (Å²) in [7, 11) is 0. The monoisotopic (exact) mass is 237 g/mol. The summed E-state index contributed by atoms with van der Waals surface area (Å²) in [6, 6.07) is 2.29. The van der Waals surface area contributed by atoms with Crippen LogP contribution in [0.4, 0.5) is 11.5 Å². The van der Waals surface area contributed by atoms with Gasteiger partial charge in [0, 0.05) is 12.2 Å². The Morgan fingerprint density at radius 1 is 1.31 bits per heavy atom. The molecule has 2 aliphatic carbocycles. The molecule has 0 unspecified atom stereocenters. The van der Waals surface area contributed by atoms with Crippen LogP contribution in [0.15, 0.2) is 12.3 Å². The van der Waals surface area contributed by atoms with Crippen LogP contribution >= 0.6 is 11.6 Å². The predicted molar refractivity (Wildman–Crippen MR) is 66.5 cm³/mol. The first kappa shape index (κ1) is 10.2. The van der Waals surface area contributed by atoms with Gasteiger partial charge in [-0.25, -0.2) is 4.98 Å². The second-order valence-electron chi connectivity index (χ2n) is 4.90. The number of anilines is 2. The van der Waals surface area contributed by atoms with Crippen molar-refractivity contribution in [3.05, 3.63) is 17.3 Å². The first-order valence-electron chi connectivity index (χ1n) is 5.92. The van der Waals surface area contributed by atoms with E-state index >= 15 is 0 Å². The van der Waals surface area contributed by atoms with Crippen LogP contribution < -0.4 is 11.1 Å². The minimum atomic E-state index is 0.563. The molecule has 86 valence electrons. The fourth-order valence-corrected chi connectivity index (χ4v) is 2.40. The average Bonchev–Trinajstić information content (AvgIpc) is 3.15. The normalized spacial score (nSPS) is 20.1. The number of halogens is 1. The summed E-state index contributed by atoms with van der Waals surface area (Å²) in [5, 5.41) is 4.08. The molecule has 2 saturated carbocycles. The molecule has 16 heavy (non-hydrogen) atoms. The first-order chi connectivity index (χ1) is 7.75. The van der Waals surface area contributed by atoms with Crippen LogP contribution in [0.25, 0.3) is 0 Å². The van der Waals surface area contributed by atoms with E-state index in [0.29, 0.717) is 16.8 Å². The molecular formula is C12H16ClN3. The third-order valence-electron chi connectivity index (χ3n) is 3.50.